The summed E-state index contributed by atoms with van der Waals surface area (Å²) in [5, 5.41) is 121. The van der Waals surface area contributed by atoms with Gasteiger partial charge in [0.1, 0.15) is 73.2 Å². The SMILES string of the molecule is CC/C=C\C/C=C\C/C=C\C/C=C\CCCCCCCCCCCCCCCCCCCCCCCCC(=O)NC(COC1OC(CO)C(OC2OC(CO)C(OC3OC(CO)C(O)C(O)C3O)C(O)C2O)C(O)C1O)C(O)/C=C/CCCCCCCCCCCCCCCCCCCCCC. The van der Waals surface area contributed by atoms with Crippen LogP contribution in [0.4, 0.5) is 0 Å². The number of aliphatic hydroxyl groups excluding tert-OH is 11. The molecule has 17 atom stereocenters. The van der Waals surface area contributed by atoms with Gasteiger partial charge in [0.2, 0.25) is 5.91 Å². The Morgan fingerprint density at radius 1 is 0.363 bits per heavy atom. The van der Waals surface area contributed by atoms with Gasteiger partial charge in [-0.2, -0.15) is 0 Å². The van der Waals surface area contributed by atoms with E-state index < -0.39 is 124 Å². The number of hydrogen-bond acceptors (Lipinski definition) is 18. The summed E-state index contributed by atoms with van der Waals surface area (Å²) < 4.78 is 34.5. The van der Waals surface area contributed by atoms with E-state index in [0.717, 1.165) is 70.6 Å². The Morgan fingerprint density at radius 2 is 0.676 bits per heavy atom. The van der Waals surface area contributed by atoms with Gasteiger partial charge in [0.25, 0.3) is 0 Å². The second-order valence-electron chi connectivity index (χ2n) is 29.6. The molecule has 0 aromatic rings. The summed E-state index contributed by atoms with van der Waals surface area (Å²) in [6.45, 7) is 1.67. The molecule has 3 aliphatic heterocycles. The van der Waals surface area contributed by atoms with E-state index in [0.29, 0.717) is 6.42 Å². The first-order valence-corrected chi connectivity index (χ1v) is 41.5. The maximum absolute atomic E-state index is 13.5. The molecule has 0 aromatic carbocycles. The van der Waals surface area contributed by atoms with Crippen molar-refractivity contribution in [1.82, 2.24) is 5.32 Å². The Kier molecular flexibility index (Phi) is 58.3. The molecule has 3 saturated heterocycles. The number of rotatable bonds is 66. The minimum absolute atomic E-state index is 0.246. The molecule has 3 fully saturated rings. The maximum Gasteiger partial charge on any atom is 0.220 e. The zero-order valence-electron chi connectivity index (χ0n) is 63.8. The lowest BCUT2D eigenvalue weighted by Crippen LogP contribution is -2.66. The standard InChI is InChI=1S/C83H151NO18/c1-3-5-7-9-11-13-15-17-19-21-23-25-27-28-29-30-31-32-33-34-35-36-37-38-39-41-43-45-47-49-51-53-55-57-59-61-71(89)84-66(67(88)60-58-56-54-52-50-48-46-44-42-40-26-24-22-20-18-16-14-12-10-8-6-4-2)65-97-81-77(95)74(92)79(69(63-86)99-81)102-83-78(96)75(93)80(70(64-87)100-83)101-82-76(94)73(91)72(90)68(62-85)98-82/h5,7,11,13,17,19,23,25,58,60,66-70,72-83,85-88,90-96H,3-4,6,8-10,12,14-16,18,20-22,24,26-57,59,61-65H2,1-2H3,(H,84,89)/b7-5-,13-11-,19-17-,25-23-,60-58+. The van der Waals surface area contributed by atoms with Crippen molar-refractivity contribution in [1.29, 1.82) is 0 Å². The van der Waals surface area contributed by atoms with Crippen LogP contribution in [-0.4, -0.2) is 193 Å². The van der Waals surface area contributed by atoms with Crippen LogP contribution >= 0.6 is 0 Å². The van der Waals surface area contributed by atoms with Gasteiger partial charge in [-0.05, 0) is 57.8 Å². The highest BCUT2D eigenvalue weighted by molar-refractivity contribution is 5.76. The van der Waals surface area contributed by atoms with E-state index in [1.807, 2.05) is 6.08 Å². The molecule has 3 heterocycles. The number of carbonyl (C=O) groups is 1. The Hall–Kier alpha value is -2.51. The lowest BCUT2D eigenvalue weighted by atomic mass is 9.96. The van der Waals surface area contributed by atoms with Crippen LogP contribution in [0.5, 0.6) is 0 Å². The van der Waals surface area contributed by atoms with Crippen molar-refractivity contribution >= 4 is 5.91 Å². The van der Waals surface area contributed by atoms with Crippen molar-refractivity contribution < 1.29 is 89.4 Å². The first-order valence-electron chi connectivity index (χ1n) is 41.5. The molecule has 3 rings (SSSR count). The smallest absolute Gasteiger partial charge is 0.220 e. The van der Waals surface area contributed by atoms with Gasteiger partial charge in [0.15, 0.2) is 18.9 Å². The van der Waals surface area contributed by atoms with Gasteiger partial charge in [-0.1, -0.05) is 325 Å². The average Bonchev–Trinajstić information content (AvgIpc) is 0.781. The minimum atomic E-state index is -1.98. The quantitative estimate of drug-likeness (QED) is 0.0199. The third-order valence-electron chi connectivity index (χ3n) is 20.6. The highest BCUT2D eigenvalue weighted by Crippen LogP contribution is 2.33. The van der Waals surface area contributed by atoms with Gasteiger partial charge in [0, 0.05) is 6.42 Å². The van der Waals surface area contributed by atoms with Crippen LogP contribution < -0.4 is 5.32 Å². The minimum Gasteiger partial charge on any atom is -0.394 e. The average molecular weight is 1450 g/mol. The number of allylic oxidation sites excluding steroid dienone is 9. The van der Waals surface area contributed by atoms with Crippen molar-refractivity contribution in [3.63, 3.8) is 0 Å². The second kappa shape index (κ2) is 63.4. The first kappa shape index (κ1) is 93.7. The lowest BCUT2D eigenvalue weighted by molar-refractivity contribution is -0.379. The van der Waals surface area contributed by atoms with Crippen LogP contribution in [0.25, 0.3) is 0 Å². The van der Waals surface area contributed by atoms with Gasteiger partial charge in [-0.3, -0.25) is 4.79 Å². The number of amides is 1. The third kappa shape index (κ3) is 42.9. The van der Waals surface area contributed by atoms with Crippen LogP contribution in [0.3, 0.4) is 0 Å². The highest BCUT2D eigenvalue weighted by Gasteiger charge is 2.54. The van der Waals surface area contributed by atoms with Crippen molar-refractivity contribution in [3.05, 3.63) is 60.8 Å². The van der Waals surface area contributed by atoms with E-state index >= 15 is 0 Å². The number of unbranched alkanes of at least 4 members (excludes halogenated alkanes) is 42. The van der Waals surface area contributed by atoms with E-state index in [1.54, 1.807) is 6.08 Å². The molecule has 596 valence electrons. The summed E-state index contributed by atoms with van der Waals surface area (Å²) in [7, 11) is 0. The van der Waals surface area contributed by atoms with E-state index in [1.165, 1.54) is 231 Å². The predicted octanol–water partition coefficient (Wildman–Crippen LogP) is 14.2. The molecule has 1 amide bonds. The summed E-state index contributed by atoms with van der Waals surface area (Å²) in [6, 6.07) is -0.974. The fourth-order valence-electron chi connectivity index (χ4n) is 14.0. The van der Waals surface area contributed by atoms with E-state index in [9.17, 15) is 61.0 Å². The zero-order valence-corrected chi connectivity index (χ0v) is 63.8. The maximum atomic E-state index is 13.5. The van der Waals surface area contributed by atoms with E-state index in [2.05, 4.69) is 67.8 Å². The molecule has 19 nitrogen and oxygen atoms in total. The number of ether oxygens (including phenoxy) is 6. The van der Waals surface area contributed by atoms with Crippen LogP contribution in [-0.2, 0) is 33.2 Å². The molecule has 19 heteroatoms. The molecule has 102 heavy (non-hydrogen) atoms. The Balaban J connectivity index is 1.34. The molecular formula is C83H151NO18. The van der Waals surface area contributed by atoms with Crippen molar-refractivity contribution in [2.24, 2.45) is 0 Å². The van der Waals surface area contributed by atoms with Crippen LogP contribution in [0.1, 0.15) is 328 Å². The summed E-state index contributed by atoms with van der Waals surface area (Å²) in [4.78, 5) is 13.5. The molecule has 0 aromatic heterocycles. The number of aliphatic hydroxyl groups is 11. The zero-order chi connectivity index (χ0) is 73.9. The van der Waals surface area contributed by atoms with Crippen LogP contribution in [0, 0.1) is 0 Å². The fraction of sp³-hybridized carbons (Fsp3) is 0.867. The Morgan fingerprint density at radius 3 is 1.06 bits per heavy atom. The predicted molar refractivity (Wildman–Crippen MR) is 406 cm³/mol. The van der Waals surface area contributed by atoms with Crippen molar-refractivity contribution in [2.45, 2.75) is 433 Å². The van der Waals surface area contributed by atoms with Gasteiger partial charge >= 0.3 is 0 Å². The topological polar surface area (TPSA) is 307 Å². The van der Waals surface area contributed by atoms with Gasteiger partial charge in [-0.15, -0.1) is 0 Å². The first-order chi connectivity index (χ1) is 49.8. The molecule has 3 aliphatic rings. The summed E-state index contributed by atoms with van der Waals surface area (Å²) >= 11 is 0. The van der Waals surface area contributed by atoms with Crippen LogP contribution in [0.15, 0.2) is 60.8 Å². The monoisotopic (exact) mass is 1450 g/mol. The summed E-state index contributed by atoms with van der Waals surface area (Å²) in [5.74, 6) is -0.270. The van der Waals surface area contributed by atoms with Gasteiger partial charge in [0.05, 0.1) is 38.6 Å². The number of carbonyl (C=O) groups excluding carboxylic acids is 1. The molecule has 0 bridgehead atoms. The molecule has 0 radical (unpaired) electrons. The van der Waals surface area contributed by atoms with Crippen molar-refractivity contribution in [3.8, 4) is 0 Å². The fourth-order valence-corrected chi connectivity index (χ4v) is 14.0. The highest BCUT2D eigenvalue weighted by atomic mass is 16.8. The van der Waals surface area contributed by atoms with E-state index in [-0.39, 0.29) is 18.9 Å². The molecule has 17 unspecified atom stereocenters. The molecule has 0 aliphatic carbocycles. The van der Waals surface area contributed by atoms with Crippen molar-refractivity contribution in [2.75, 3.05) is 26.4 Å². The Labute approximate surface area is 617 Å². The van der Waals surface area contributed by atoms with E-state index in [4.69, 9.17) is 28.4 Å². The molecule has 12 N–H and O–H groups in total. The second-order valence-corrected chi connectivity index (χ2v) is 29.6. The third-order valence-corrected chi connectivity index (χ3v) is 20.6. The summed E-state index contributed by atoms with van der Waals surface area (Å²) in [6.07, 6.45) is 55.0. The molecule has 0 spiro atoms. The lowest BCUT2D eigenvalue weighted by Gasteiger charge is -2.48. The summed E-state index contributed by atoms with van der Waals surface area (Å²) in [5.41, 5.74) is 0. The number of hydrogen-bond donors (Lipinski definition) is 12. The molecule has 0 saturated carbocycles. The Bertz CT molecular complexity index is 2080. The largest absolute Gasteiger partial charge is 0.394 e. The normalized spacial score (nSPS) is 26.5. The molecular weight excluding hydrogens is 1300 g/mol. The number of nitrogens with one attached hydrogen (secondary N) is 1. The van der Waals surface area contributed by atoms with Crippen LogP contribution in [0.2, 0.25) is 0 Å². The van der Waals surface area contributed by atoms with Gasteiger partial charge < -0.3 is 89.9 Å². The van der Waals surface area contributed by atoms with Gasteiger partial charge in [-0.25, -0.2) is 0 Å².